The van der Waals surface area contributed by atoms with Gasteiger partial charge in [-0.2, -0.15) is 0 Å². The first-order valence-electron chi connectivity index (χ1n) is 9.35. The molecule has 0 fully saturated rings. The lowest BCUT2D eigenvalue weighted by Crippen LogP contribution is -2.37. The van der Waals surface area contributed by atoms with Crippen LogP contribution < -0.4 is 5.32 Å². The van der Waals surface area contributed by atoms with Gasteiger partial charge in [0.05, 0.1) is 28.9 Å². The first-order chi connectivity index (χ1) is 14.5. The molecule has 0 aliphatic carbocycles. The molecular formula is C22H22Cl3N3O2. The summed E-state index contributed by atoms with van der Waals surface area (Å²) in [6, 6.07) is 16.4. The summed E-state index contributed by atoms with van der Waals surface area (Å²) >= 11 is 18.5. The van der Waals surface area contributed by atoms with Crippen LogP contribution in [0.25, 0.3) is 0 Å². The fourth-order valence-corrected chi connectivity index (χ4v) is 3.74. The number of carbonyl (C=O) groups excluding carboxylic acids is 1. The highest BCUT2D eigenvalue weighted by Gasteiger charge is 2.18. The smallest absolute Gasteiger partial charge is 0.322 e. The van der Waals surface area contributed by atoms with Crippen LogP contribution >= 0.6 is 34.8 Å². The zero-order chi connectivity index (χ0) is 21.5. The van der Waals surface area contributed by atoms with Crippen LogP contribution in [0.15, 0.2) is 60.8 Å². The Labute approximate surface area is 191 Å². The van der Waals surface area contributed by atoms with Gasteiger partial charge in [-0.25, -0.2) is 4.79 Å². The lowest BCUT2D eigenvalue weighted by atomic mass is 10.2. The molecule has 0 bridgehead atoms. The predicted molar refractivity (Wildman–Crippen MR) is 123 cm³/mol. The minimum absolute atomic E-state index is 0.308. The Morgan fingerprint density at radius 1 is 1.07 bits per heavy atom. The van der Waals surface area contributed by atoms with Gasteiger partial charge in [0.2, 0.25) is 0 Å². The van der Waals surface area contributed by atoms with E-state index in [4.69, 9.17) is 39.5 Å². The molecule has 0 radical (unpaired) electrons. The van der Waals surface area contributed by atoms with E-state index in [1.807, 2.05) is 42.6 Å². The van der Waals surface area contributed by atoms with Gasteiger partial charge < -0.3 is 19.5 Å². The Morgan fingerprint density at radius 3 is 2.50 bits per heavy atom. The van der Waals surface area contributed by atoms with Crippen molar-refractivity contribution in [2.24, 2.45) is 0 Å². The van der Waals surface area contributed by atoms with Crippen molar-refractivity contribution in [3.8, 4) is 0 Å². The van der Waals surface area contributed by atoms with Crippen LogP contribution in [-0.2, 0) is 17.8 Å². The van der Waals surface area contributed by atoms with E-state index in [0.29, 0.717) is 47.0 Å². The lowest BCUT2D eigenvalue weighted by molar-refractivity contribution is 0.152. The minimum Gasteiger partial charge on any atom is -0.383 e. The molecule has 0 saturated heterocycles. The van der Waals surface area contributed by atoms with E-state index < -0.39 is 0 Å². The van der Waals surface area contributed by atoms with E-state index in [-0.39, 0.29) is 6.03 Å². The molecule has 30 heavy (non-hydrogen) atoms. The van der Waals surface area contributed by atoms with Crippen LogP contribution in [-0.4, -0.2) is 35.8 Å². The van der Waals surface area contributed by atoms with Crippen LogP contribution in [0.2, 0.25) is 15.1 Å². The van der Waals surface area contributed by atoms with E-state index in [9.17, 15) is 4.79 Å². The molecule has 2 amide bonds. The molecule has 8 heteroatoms. The summed E-state index contributed by atoms with van der Waals surface area (Å²) in [5.41, 5.74) is 2.45. The predicted octanol–water partition coefficient (Wildman–Crippen LogP) is 6.18. The van der Waals surface area contributed by atoms with Gasteiger partial charge in [-0.3, -0.25) is 0 Å². The number of nitrogens with one attached hydrogen (secondary N) is 1. The van der Waals surface area contributed by atoms with Gasteiger partial charge in [0.1, 0.15) is 0 Å². The molecule has 5 nitrogen and oxygen atoms in total. The number of amides is 2. The van der Waals surface area contributed by atoms with E-state index >= 15 is 0 Å². The van der Waals surface area contributed by atoms with Crippen molar-refractivity contribution in [2.45, 2.75) is 13.1 Å². The molecule has 3 rings (SSSR count). The average molecular weight is 467 g/mol. The first-order valence-corrected chi connectivity index (χ1v) is 10.5. The fraction of sp³-hybridized carbons (Fsp3) is 0.227. The molecule has 1 aromatic heterocycles. The van der Waals surface area contributed by atoms with Crippen molar-refractivity contribution in [3.05, 3.63) is 87.1 Å². The number of urea groups is 1. The summed E-state index contributed by atoms with van der Waals surface area (Å²) in [4.78, 5) is 14.6. The fourth-order valence-electron chi connectivity index (χ4n) is 3.03. The quantitative estimate of drug-likeness (QED) is 0.431. The highest BCUT2D eigenvalue weighted by atomic mass is 35.5. The van der Waals surface area contributed by atoms with Crippen molar-refractivity contribution in [2.75, 3.05) is 25.6 Å². The molecular weight excluding hydrogens is 445 g/mol. The number of benzene rings is 2. The summed E-state index contributed by atoms with van der Waals surface area (Å²) in [6.07, 6.45) is 1.98. The molecule has 3 aromatic rings. The lowest BCUT2D eigenvalue weighted by Gasteiger charge is -2.24. The van der Waals surface area contributed by atoms with Gasteiger partial charge in [0.15, 0.2) is 0 Å². The zero-order valence-corrected chi connectivity index (χ0v) is 18.7. The van der Waals surface area contributed by atoms with Crippen LogP contribution in [0.3, 0.4) is 0 Å². The maximum atomic E-state index is 13.0. The van der Waals surface area contributed by atoms with Crippen molar-refractivity contribution in [1.82, 2.24) is 9.47 Å². The third kappa shape index (κ3) is 5.92. The Kier molecular flexibility index (Phi) is 8.05. The SMILES string of the molecule is COCCN(Cc1cccn1Cc1cccc(Cl)c1)C(=O)Nc1c(Cl)cccc1Cl. The highest BCUT2D eigenvalue weighted by molar-refractivity contribution is 6.39. The minimum atomic E-state index is -0.308. The molecule has 0 atom stereocenters. The molecule has 1 heterocycles. The number of nitrogens with zero attached hydrogens (tertiary/aromatic N) is 2. The third-order valence-electron chi connectivity index (χ3n) is 4.57. The Hall–Kier alpha value is -2.18. The number of methoxy groups -OCH3 is 1. The monoisotopic (exact) mass is 465 g/mol. The number of ether oxygens (including phenoxy) is 1. The second-order valence-corrected chi connectivity index (χ2v) is 7.95. The summed E-state index contributed by atoms with van der Waals surface area (Å²) in [5, 5.41) is 4.27. The molecule has 158 valence electrons. The van der Waals surface area contributed by atoms with Gasteiger partial charge in [-0.05, 0) is 42.0 Å². The van der Waals surface area contributed by atoms with Gasteiger partial charge >= 0.3 is 6.03 Å². The molecule has 0 saturated carbocycles. The third-order valence-corrected chi connectivity index (χ3v) is 5.43. The Morgan fingerprint density at radius 2 is 1.80 bits per heavy atom. The molecule has 0 unspecified atom stereocenters. The zero-order valence-electron chi connectivity index (χ0n) is 16.4. The first kappa shape index (κ1) is 22.5. The van der Waals surface area contributed by atoms with Crippen LogP contribution in [0.1, 0.15) is 11.3 Å². The Balaban J connectivity index is 1.77. The maximum absolute atomic E-state index is 13.0. The van der Waals surface area contributed by atoms with Gasteiger partial charge in [0, 0.05) is 37.1 Å². The molecule has 1 N–H and O–H groups in total. The van der Waals surface area contributed by atoms with E-state index in [0.717, 1.165) is 11.3 Å². The topological polar surface area (TPSA) is 46.5 Å². The van der Waals surface area contributed by atoms with Crippen LogP contribution in [0.5, 0.6) is 0 Å². The normalized spacial score (nSPS) is 10.8. The van der Waals surface area contributed by atoms with Gasteiger partial charge in [-0.1, -0.05) is 53.0 Å². The van der Waals surface area contributed by atoms with Crippen molar-refractivity contribution in [3.63, 3.8) is 0 Å². The summed E-state index contributed by atoms with van der Waals surface area (Å²) < 4.78 is 7.27. The summed E-state index contributed by atoms with van der Waals surface area (Å²) in [5.74, 6) is 0. The largest absolute Gasteiger partial charge is 0.383 e. The number of para-hydroxylation sites is 1. The van der Waals surface area contributed by atoms with Crippen molar-refractivity contribution in [1.29, 1.82) is 0 Å². The van der Waals surface area contributed by atoms with Crippen LogP contribution in [0.4, 0.5) is 10.5 Å². The number of halogens is 3. The number of hydrogen-bond acceptors (Lipinski definition) is 2. The summed E-state index contributed by atoms with van der Waals surface area (Å²) in [7, 11) is 1.60. The Bertz CT molecular complexity index is 987. The second-order valence-electron chi connectivity index (χ2n) is 6.70. The van der Waals surface area contributed by atoms with E-state index in [1.165, 1.54) is 0 Å². The molecule has 2 aromatic carbocycles. The standard InChI is InChI=1S/C22H22Cl3N3O2/c1-30-12-11-28(22(29)26-21-19(24)8-3-9-20(21)25)15-18-7-4-10-27(18)14-16-5-2-6-17(23)13-16/h2-10,13H,11-12,14-15H2,1H3,(H,26,29). The number of carbonyl (C=O) groups is 1. The maximum Gasteiger partial charge on any atom is 0.322 e. The van der Waals surface area contributed by atoms with E-state index in [1.54, 1.807) is 30.2 Å². The number of aromatic nitrogens is 1. The van der Waals surface area contributed by atoms with E-state index in [2.05, 4.69) is 9.88 Å². The van der Waals surface area contributed by atoms with Crippen molar-refractivity contribution < 1.29 is 9.53 Å². The van der Waals surface area contributed by atoms with Crippen LogP contribution in [0, 0.1) is 0 Å². The molecule has 0 spiro atoms. The number of rotatable bonds is 8. The number of hydrogen-bond donors (Lipinski definition) is 1. The second kappa shape index (κ2) is 10.7. The molecule has 0 aliphatic heterocycles. The van der Waals surface area contributed by atoms with Gasteiger partial charge in [-0.15, -0.1) is 0 Å². The van der Waals surface area contributed by atoms with Gasteiger partial charge in [0.25, 0.3) is 0 Å². The average Bonchev–Trinajstić information content (AvgIpc) is 3.14. The highest BCUT2D eigenvalue weighted by Crippen LogP contribution is 2.30. The van der Waals surface area contributed by atoms with Crippen molar-refractivity contribution >= 4 is 46.5 Å². The molecule has 0 aliphatic rings. The number of anilines is 1. The summed E-state index contributed by atoms with van der Waals surface area (Å²) in [6.45, 7) is 1.86.